The van der Waals surface area contributed by atoms with E-state index in [1.165, 1.54) is 0 Å². The topological polar surface area (TPSA) is 32.7 Å². The van der Waals surface area contributed by atoms with Gasteiger partial charge in [0.1, 0.15) is 11.5 Å². The molecule has 0 amide bonds. The van der Waals surface area contributed by atoms with Gasteiger partial charge < -0.3 is 14.7 Å². The lowest BCUT2D eigenvalue weighted by atomic mass is 10.1. The van der Waals surface area contributed by atoms with Crippen molar-refractivity contribution < 1.29 is 9.84 Å². The fourth-order valence-electron chi connectivity index (χ4n) is 2.13. The Balaban J connectivity index is 2.26. The molecule has 2 aromatic rings. The third kappa shape index (κ3) is 2.81. The van der Waals surface area contributed by atoms with Crippen molar-refractivity contribution in [3.8, 4) is 11.5 Å². The van der Waals surface area contributed by atoms with E-state index < -0.39 is 0 Å². The number of ether oxygens (including phenoxy) is 1. The van der Waals surface area contributed by atoms with Gasteiger partial charge in [-0.15, -0.1) is 0 Å². The number of aryl methyl sites for hydroxylation is 1. The Morgan fingerprint density at radius 1 is 1.11 bits per heavy atom. The van der Waals surface area contributed by atoms with Gasteiger partial charge >= 0.3 is 0 Å². The van der Waals surface area contributed by atoms with Crippen molar-refractivity contribution in [3.63, 3.8) is 0 Å². The second-order valence-corrected chi connectivity index (χ2v) is 4.61. The molecule has 0 fully saturated rings. The average molecular weight is 257 g/mol. The molecule has 2 rings (SSSR count). The van der Waals surface area contributed by atoms with Gasteiger partial charge in [-0.3, -0.25) is 0 Å². The molecule has 0 aromatic heterocycles. The Hall–Kier alpha value is -2.16. The zero-order valence-electron chi connectivity index (χ0n) is 11.6. The van der Waals surface area contributed by atoms with Crippen LogP contribution in [0.5, 0.6) is 11.5 Å². The highest BCUT2D eigenvalue weighted by Gasteiger charge is 2.10. The molecule has 0 heterocycles. The molecular weight excluding hydrogens is 238 g/mol. The fraction of sp³-hybridized carbons (Fsp3) is 0.250. The van der Waals surface area contributed by atoms with Crippen LogP contribution in [0.2, 0.25) is 0 Å². The van der Waals surface area contributed by atoms with Crippen molar-refractivity contribution >= 4 is 5.69 Å². The van der Waals surface area contributed by atoms with E-state index >= 15 is 0 Å². The van der Waals surface area contributed by atoms with Crippen LogP contribution in [0.1, 0.15) is 11.1 Å². The quantitative estimate of drug-likeness (QED) is 0.911. The minimum absolute atomic E-state index is 0.365. The van der Waals surface area contributed by atoms with E-state index in [4.69, 9.17) is 4.74 Å². The van der Waals surface area contributed by atoms with Crippen LogP contribution in [0.3, 0.4) is 0 Å². The molecule has 0 radical (unpaired) electrons. The van der Waals surface area contributed by atoms with Gasteiger partial charge in [-0.2, -0.15) is 0 Å². The highest BCUT2D eigenvalue weighted by Crippen LogP contribution is 2.30. The lowest BCUT2D eigenvalue weighted by molar-refractivity contribution is 0.414. The number of para-hydroxylation sites is 3. The second kappa shape index (κ2) is 5.65. The van der Waals surface area contributed by atoms with E-state index in [1.54, 1.807) is 7.11 Å². The maximum Gasteiger partial charge on any atom is 0.142 e. The van der Waals surface area contributed by atoms with E-state index in [-0.39, 0.29) is 0 Å². The predicted octanol–water partition coefficient (Wildman–Crippen LogP) is 3.35. The second-order valence-electron chi connectivity index (χ2n) is 4.61. The van der Waals surface area contributed by atoms with Crippen molar-refractivity contribution in [2.24, 2.45) is 0 Å². The molecule has 2 aromatic carbocycles. The Morgan fingerprint density at radius 2 is 1.84 bits per heavy atom. The lowest BCUT2D eigenvalue weighted by Crippen LogP contribution is -2.17. The number of nitrogens with zero attached hydrogens (tertiary/aromatic N) is 1. The normalized spacial score (nSPS) is 10.3. The summed E-state index contributed by atoms with van der Waals surface area (Å²) in [4.78, 5) is 2.06. The van der Waals surface area contributed by atoms with Crippen LogP contribution in [0.25, 0.3) is 0 Å². The molecular formula is C16H19NO2. The monoisotopic (exact) mass is 257 g/mol. The number of aromatic hydroxyl groups is 1. The molecule has 0 aliphatic carbocycles. The summed E-state index contributed by atoms with van der Waals surface area (Å²) in [5, 5.41) is 10.1. The first-order chi connectivity index (χ1) is 9.13. The first kappa shape index (κ1) is 13.3. The van der Waals surface area contributed by atoms with Crippen molar-refractivity contribution in [1.82, 2.24) is 0 Å². The molecule has 0 unspecified atom stereocenters. The molecule has 0 saturated carbocycles. The Kier molecular flexibility index (Phi) is 3.95. The third-order valence-corrected chi connectivity index (χ3v) is 3.23. The first-order valence-corrected chi connectivity index (χ1v) is 6.25. The SMILES string of the molecule is COc1ccccc1N(C)Cc1cccc(C)c1O. The zero-order valence-corrected chi connectivity index (χ0v) is 11.6. The maximum absolute atomic E-state index is 10.1. The Bertz CT molecular complexity index is 566. The molecule has 1 N–H and O–H groups in total. The number of hydrogen-bond acceptors (Lipinski definition) is 3. The summed E-state index contributed by atoms with van der Waals surface area (Å²) in [7, 11) is 3.65. The van der Waals surface area contributed by atoms with Gasteiger partial charge in [-0.1, -0.05) is 30.3 Å². The van der Waals surface area contributed by atoms with Crippen LogP contribution in [0.15, 0.2) is 42.5 Å². The maximum atomic E-state index is 10.1. The van der Waals surface area contributed by atoms with Crippen molar-refractivity contribution in [3.05, 3.63) is 53.6 Å². The molecule has 0 saturated heterocycles. The number of phenolic OH excluding ortho intramolecular Hbond substituents is 1. The minimum Gasteiger partial charge on any atom is -0.507 e. The van der Waals surface area contributed by atoms with Crippen LogP contribution < -0.4 is 9.64 Å². The third-order valence-electron chi connectivity index (χ3n) is 3.23. The number of hydrogen-bond donors (Lipinski definition) is 1. The zero-order chi connectivity index (χ0) is 13.8. The van der Waals surface area contributed by atoms with Crippen molar-refractivity contribution in [2.75, 3.05) is 19.1 Å². The van der Waals surface area contributed by atoms with Gasteiger partial charge in [-0.05, 0) is 24.6 Å². The number of rotatable bonds is 4. The molecule has 0 aliphatic heterocycles. The minimum atomic E-state index is 0.365. The first-order valence-electron chi connectivity index (χ1n) is 6.25. The molecule has 0 atom stereocenters. The molecule has 100 valence electrons. The van der Waals surface area contributed by atoms with Crippen molar-refractivity contribution in [2.45, 2.75) is 13.5 Å². The summed E-state index contributed by atoms with van der Waals surface area (Å²) in [5.41, 5.74) is 2.81. The largest absolute Gasteiger partial charge is 0.507 e. The van der Waals surface area contributed by atoms with Gasteiger partial charge in [0.25, 0.3) is 0 Å². The summed E-state index contributed by atoms with van der Waals surface area (Å²) in [6.07, 6.45) is 0. The van der Waals surface area contributed by atoms with Crippen LogP contribution in [-0.4, -0.2) is 19.3 Å². The molecule has 0 bridgehead atoms. The highest BCUT2D eigenvalue weighted by molar-refractivity contribution is 5.58. The van der Waals surface area contributed by atoms with Crippen LogP contribution in [-0.2, 0) is 6.54 Å². The van der Waals surface area contributed by atoms with Gasteiger partial charge in [0.05, 0.1) is 12.8 Å². The van der Waals surface area contributed by atoms with E-state index in [1.807, 2.05) is 56.4 Å². The van der Waals surface area contributed by atoms with E-state index in [0.29, 0.717) is 12.3 Å². The number of anilines is 1. The summed E-state index contributed by atoms with van der Waals surface area (Å²) in [6.45, 7) is 2.54. The average Bonchev–Trinajstić information content (AvgIpc) is 2.43. The highest BCUT2D eigenvalue weighted by atomic mass is 16.5. The van der Waals surface area contributed by atoms with E-state index in [2.05, 4.69) is 4.90 Å². The lowest BCUT2D eigenvalue weighted by Gasteiger charge is -2.22. The van der Waals surface area contributed by atoms with Gasteiger partial charge in [-0.25, -0.2) is 0 Å². The van der Waals surface area contributed by atoms with E-state index in [0.717, 1.165) is 22.6 Å². The van der Waals surface area contributed by atoms with Gasteiger partial charge in [0.2, 0.25) is 0 Å². The van der Waals surface area contributed by atoms with Crippen LogP contribution in [0, 0.1) is 6.92 Å². The van der Waals surface area contributed by atoms with Crippen LogP contribution in [0.4, 0.5) is 5.69 Å². The fourth-order valence-corrected chi connectivity index (χ4v) is 2.13. The van der Waals surface area contributed by atoms with Crippen LogP contribution >= 0.6 is 0 Å². The standard InChI is InChI=1S/C16H19NO2/c1-12-7-6-8-13(16(12)18)11-17(2)14-9-4-5-10-15(14)19-3/h4-10,18H,11H2,1-3H3. The number of benzene rings is 2. The summed E-state index contributed by atoms with van der Waals surface area (Å²) < 4.78 is 5.35. The summed E-state index contributed by atoms with van der Waals surface area (Å²) >= 11 is 0. The molecule has 3 nitrogen and oxygen atoms in total. The molecule has 0 aliphatic rings. The van der Waals surface area contributed by atoms with Crippen molar-refractivity contribution in [1.29, 1.82) is 0 Å². The summed E-state index contributed by atoms with van der Waals surface area (Å²) in [6, 6.07) is 13.7. The van der Waals surface area contributed by atoms with Gasteiger partial charge in [0.15, 0.2) is 0 Å². The summed E-state index contributed by atoms with van der Waals surface area (Å²) in [5.74, 6) is 1.20. The molecule has 0 spiro atoms. The Morgan fingerprint density at radius 3 is 2.58 bits per heavy atom. The number of methoxy groups -OCH3 is 1. The Labute approximate surface area is 114 Å². The van der Waals surface area contributed by atoms with E-state index in [9.17, 15) is 5.11 Å². The molecule has 19 heavy (non-hydrogen) atoms. The molecule has 3 heteroatoms. The van der Waals surface area contributed by atoms with Gasteiger partial charge in [0, 0.05) is 19.2 Å². The number of phenols is 1. The predicted molar refractivity (Wildman–Crippen MR) is 77.9 cm³/mol. The smallest absolute Gasteiger partial charge is 0.142 e.